The molecule has 1 aliphatic carbocycles. The summed E-state index contributed by atoms with van der Waals surface area (Å²) in [5, 5.41) is 0. The van der Waals surface area contributed by atoms with Crippen molar-refractivity contribution in [2.24, 2.45) is 22.7 Å². The maximum atomic E-state index is 13.2. The Morgan fingerprint density at radius 3 is 2.50 bits per heavy atom. The fourth-order valence-electron chi connectivity index (χ4n) is 4.65. The van der Waals surface area contributed by atoms with Gasteiger partial charge in [0.25, 0.3) is 0 Å². The molecule has 3 atom stereocenters. The minimum Gasteiger partial charge on any atom is -0.493 e. The molecule has 1 aromatic carbocycles. The molecule has 4 rings (SSSR count). The van der Waals surface area contributed by atoms with Crippen LogP contribution < -0.4 is 9.46 Å². The first-order valence-electron chi connectivity index (χ1n) is 9.98. The zero-order chi connectivity index (χ0) is 20.5. The van der Waals surface area contributed by atoms with Crippen LogP contribution in [0.3, 0.4) is 0 Å². The summed E-state index contributed by atoms with van der Waals surface area (Å²) in [6.45, 7) is 12.2. The lowest BCUT2D eigenvalue weighted by Crippen LogP contribution is -2.54. The molecule has 0 aromatic heterocycles. The predicted octanol–water partition coefficient (Wildman–Crippen LogP) is 2.43. The highest BCUT2D eigenvalue weighted by Crippen LogP contribution is 2.62. The van der Waals surface area contributed by atoms with Gasteiger partial charge in [-0.2, -0.15) is 4.72 Å². The first-order valence-corrected chi connectivity index (χ1v) is 11.5. The van der Waals surface area contributed by atoms with Crippen molar-refractivity contribution in [1.82, 2.24) is 9.62 Å². The number of carbonyl (C=O) groups excluding carboxylic acids is 1. The number of nitrogens with one attached hydrogen (secondary N) is 1. The highest BCUT2D eigenvalue weighted by atomic mass is 32.2. The molecule has 0 radical (unpaired) electrons. The van der Waals surface area contributed by atoms with Gasteiger partial charge in [0.2, 0.25) is 15.9 Å². The number of hydrogen-bond donors (Lipinski definition) is 1. The number of rotatable bonds is 4. The van der Waals surface area contributed by atoms with E-state index in [1.807, 2.05) is 25.7 Å². The Kier molecular flexibility index (Phi) is 4.36. The summed E-state index contributed by atoms with van der Waals surface area (Å²) in [5.74, 6) is 1.68. The number of sulfonamides is 1. The molecule has 154 valence electrons. The van der Waals surface area contributed by atoms with Crippen LogP contribution in [0.1, 0.15) is 40.2 Å². The van der Waals surface area contributed by atoms with E-state index >= 15 is 0 Å². The average Bonchev–Trinajstić information content (AvgIpc) is 3.06. The second-order valence-corrected chi connectivity index (χ2v) is 11.8. The number of likely N-dealkylation sites (tertiary alicyclic amines) is 1. The van der Waals surface area contributed by atoms with Gasteiger partial charge in [0.15, 0.2) is 0 Å². The van der Waals surface area contributed by atoms with Gasteiger partial charge in [-0.3, -0.25) is 4.79 Å². The molecule has 2 heterocycles. The van der Waals surface area contributed by atoms with E-state index in [0.29, 0.717) is 30.3 Å². The lowest BCUT2D eigenvalue weighted by atomic mass is 9.86. The van der Waals surface area contributed by atoms with Crippen molar-refractivity contribution in [3.8, 4) is 5.75 Å². The van der Waals surface area contributed by atoms with Crippen molar-refractivity contribution >= 4 is 15.9 Å². The first kappa shape index (κ1) is 19.7. The molecule has 0 bridgehead atoms. The molecule has 0 unspecified atom stereocenters. The summed E-state index contributed by atoms with van der Waals surface area (Å²) in [4.78, 5) is 15.3. The smallest absolute Gasteiger partial charge is 0.241 e. The van der Waals surface area contributed by atoms with Crippen molar-refractivity contribution in [3.63, 3.8) is 0 Å². The molecule has 1 amide bonds. The zero-order valence-electron chi connectivity index (χ0n) is 17.3. The summed E-state index contributed by atoms with van der Waals surface area (Å²) in [6.07, 6.45) is 0.701. The van der Waals surface area contributed by atoms with Gasteiger partial charge in [0.1, 0.15) is 11.8 Å². The second-order valence-electron chi connectivity index (χ2n) is 10.1. The lowest BCUT2D eigenvalue weighted by Gasteiger charge is -2.34. The maximum absolute atomic E-state index is 13.2. The molecule has 7 heteroatoms. The van der Waals surface area contributed by atoms with Crippen LogP contribution in [0, 0.1) is 22.7 Å². The Hall–Kier alpha value is -1.60. The number of nitrogens with zero attached hydrogens (tertiary/aromatic N) is 1. The van der Waals surface area contributed by atoms with Gasteiger partial charge in [-0.25, -0.2) is 8.42 Å². The van der Waals surface area contributed by atoms with Gasteiger partial charge in [0, 0.05) is 19.5 Å². The molecule has 0 spiro atoms. The number of hydrogen-bond acceptors (Lipinski definition) is 4. The summed E-state index contributed by atoms with van der Waals surface area (Å²) < 4.78 is 34.3. The Labute approximate surface area is 167 Å². The van der Waals surface area contributed by atoms with E-state index in [1.54, 1.807) is 18.2 Å². The molecule has 28 heavy (non-hydrogen) atoms. The van der Waals surface area contributed by atoms with E-state index in [4.69, 9.17) is 4.74 Å². The second kappa shape index (κ2) is 6.20. The average molecular weight is 407 g/mol. The molecule has 1 saturated heterocycles. The fraction of sp³-hybridized carbons (Fsp3) is 0.667. The molecule has 2 aliphatic heterocycles. The van der Waals surface area contributed by atoms with Crippen LogP contribution in [0.2, 0.25) is 0 Å². The van der Waals surface area contributed by atoms with Gasteiger partial charge < -0.3 is 9.64 Å². The third kappa shape index (κ3) is 3.22. The summed E-state index contributed by atoms with van der Waals surface area (Å²) in [5.41, 5.74) is 0.662. The SMILES string of the molecule is CC(C)(C)[C@H](NS(=O)(=O)c1ccc2c(c1)CCO2)C(=O)N1C[C@@H]2[C@H](C1)C2(C)C. The predicted molar refractivity (Wildman–Crippen MR) is 107 cm³/mol. The van der Waals surface area contributed by atoms with Crippen LogP contribution in [0.5, 0.6) is 5.75 Å². The monoisotopic (exact) mass is 406 g/mol. The van der Waals surface area contributed by atoms with E-state index in [2.05, 4.69) is 18.6 Å². The number of fused-ring (bicyclic) bond motifs is 2. The standard InChI is InChI=1S/C21H30N2O4S/c1-20(2,3)18(19(24)23-11-15-16(12-23)21(15,4)5)22-28(25,26)14-6-7-17-13(10-14)8-9-27-17/h6-7,10,15-16,18,22H,8-9,11-12H2,1-5H3/t15-,16+,18-/m1/s1. The summed E-state index contributed by atoms with van der Waals surface area (Å²) >= 11 is 0. The Morgan fingerprint density at radius 2 is 1.89 bits per heavy atom. The Bertz CT molecular complexity index is 903. The van der Waals surface area contributed by atoms with Crippen LogP contribution in [-0.4, -0.2) is 45.0 Å². The van der Waals surface area contributed by atoms with Crippen LogP contribution in [0.15, 0.2) is 23.1 Å². The third-order valence-electron chi connectivity index (χ3n) is 6.79. The van der Waals surface area contributed by atoms with Crippen molar-refractivity contribution in [2.75, 3.05) is 19.7 Å². The highest BCUT2D eigenvalue weighted by molar-refractivity contribution is 7.89. The number of piperidine rings is 1. The number of amides is 1. The van der Waals surface area contributed by atoms with Gasteiger partial charge >= 0.3 is 0 Å². The molecular formula is C21H30N2O4S. The summed E-state index contributed by atoms with van der Waals surface area (Å²) in [6, 6.07) is 4.09. The van der Waals surface area contributed by atoms with Crippen molar-refractivity contribution in [3.05, 3.63) is 23.8 Å². The van der Waals surface area contributed by atoms with E-state index < -0.39 is 21.5 Å². The number of carbonyl (C=O) groups is 1. The largest absolute Gasteiger partial charge is 0.493 e. The van der Waals surface area contributed by atoms with Gasteiger partial charge in [-0.1, -0.05) is 34.6 Å². The lowest BCUT2D eigenvalue weighted by molar-refractivity contribution is -0.135. The molecule has 3 aliphatic rings. The van der Waals surface area contributed by atoms with E-state index in [0.717, 1.165) is 24.4 Å². The van der Waals surface area contributed by atoms with E-state index in [1.165, 1.54) is 0 Å². The zero-order valence-corrected chi connectivity index (χ0v) is 18.1. The third-order valence-corrected chi connectivity index (χ3v) is 8.21. The Balaban J connectivity index is 1.54. The Morgan fingerprint density at radius 1 is 1.25 bits per heavy atom. The fourth-order valence-corrected chi connectivity index (χ4v) is 6.09. The van der Waals surface area contributed by atoms with Crippen LogP contribution in [0.25, 0.3) is 0 Å². The topological polar surface area (TPSA) is 75.7 Å². The summed E-state index contributed by atoms with van der Waals surface area (Å²) in [7, 11) is -3.82. The van der Waals surface area contributed by atoms with Crippen LogP contribution in [0.4, 0.5) is 0 Å². The highest BCUT2D eigenvalue weighted by Gasteiger charge is 2.63. The number of ether oxygens (including phenoxy) is 1. The van der Waals surface area contributed by atoms with Gasteiger partial charge in [0.05, 0.1) is 11.5 Å². The number of benzene rings is 1. The van der Waals surface area contributed by atoms with Crippen molar-refractivity contribution < 1.29 is 17.9 Å². The van der Waals surface area contributed by atoms with Crippen LogP contribution >= 0.6 is 0 Å². The normalized spacial score (nSPS) is 26.4. The minimum absolute atomic E-state index is 0.122. The van der Waals surface area contributed by atoms with Gasteiger partial charge in [-0.15, -0.1) is 0 Å². The molecule has 1 aromatic rings. The molecule has 2 fully saturated rings. The maximum Gasteiger partial charge on any atom is 0.241 e. The molecular weight excluding hydrogens is 376 g/mol. The molecule has 1 saturated carbocycles. The van der Waals surface area contributed by atoms with E-state index in [-0.39, 0.29) is 10.8 Å². The van der Waals surface area contributed by atoms with Gasteiger partial charge in [-0.05, 0) is 46.4 Å². The quantitative estimate of drug-likeness (QED) is 0.833. The molecule has 1 N–H and O–H groups in total. The van der Waals surface area contributed by atoms with E-state index in [9.17, 15) is 13.2 Å². The van der Waals surface area contributed by atoms with Crippen molar-refractivity contribution in [1.29, 1.82) is 0 Å². The van der Waals surface area contributed by atoms with Crippen molar-refractivity contribution in [2.45, 2.75) is 52.0 Å². The minimum atomic E-state index is -3.82. The molecule has 6 nitrogen and oxygen atoms in total. The van der Waals surface area contributed by atoms with Crippen LogP contribution in [-0.2, 0) is 21.2 Å². The first-order chi connectivity index (χ1) is 12.9.